The first-order valence-electron chi connectivity index (χ1n) is 5.86. The minimum Gasteiger partial charge on any atom is -0.494 e. The van der Waals surface area contributed by atoms with Gasteiger partial charge in [-0.05, 0) is 38.1 Å². The van der Waals surface area contributed by atoms with E-state index < -0.39 is 0 Å². The molecule has 1 aromatic carbocycles. The van der Waals surface area contributed by atoms with Gasteiger partial charge in [0.2, 0.25) is 0 Å². The van der Waals surface area contributed by atoms with Crippen LogP contribution in [0.3, 0.4) is 0 Å². The molecule has 0 aliphatic heterocycles. The molecule has 0 N–H and O–H groups in total. The minimum atomic E-state index is -0.262. The summed E-state index contributed by atoms with van der Waals surface area (Å²) in [6.45, 7) is 4.79. The summed E-state index contributed by atoms with van der Waals surface area (Å²) in [6, 6.07) is 12.8. The van der Waals surface area contributed by atoms with Gasteiger partial charge in [-0.2, -0.15) is 0 Å². The lowest BCUT2D eigenvalue weighted by atomic mass is 10.2. The van der Waals surface area contributed by atoms with Crippen molar-refractivity contribution in [3.8, 4) is 5.75 Å². The molecule has 0 saturated carbocycles. The standard InChI is InChI=1S/C9H12O.C6H3FO/c1-3-10-9-6-4-8(2)5-7-9;7-5-3-4-1-2-6(5)8-4/h4-7H,3H2,1-2H3;1-3H. The molecular formula is C15H15FO2. The van der Waals surface area contributed by atoms with Crippen LogP contribution in [-0.2, 0) is 0 Å². The van der Waals surface area contributed by atoms with Gasteiger partial charge in [-0.15, -0.1) is 0 Å². The van der Waals surface area contributed by atoms with Crippen molar-refractivity contribution < 1.29 is 13.5 Å². The maximum atomic E-state index is 12.2. The fourth-order valence-corrected chi connectivity index (χ4v) is 1.56. The molecule has 18 heavy (non-hydrogen) atoms. The van der Waals surface area contributed by atoms with Crippen molar-refractivity contribution in [3.63, 3.8) is 0 Å². The molecule has 2 heterocycles. The van der Waals surface area contributed by atoms with Gasteiger partial charge in [0.25, 0.3) is 0 Å². The van der Waals surface area contributed by atoms with Crippen molar-refractivity contribution in [2.75, 3.05) is 6.61 Å². The van der Waals surface area contributed by atoms with Gasteiger partial charge < -0.3 is 9.15 Å². The molecule has 0 radical (unpaired) electrons. The van der Waals surface area contributed by atoms with Gasteiger partial charge in [0.1, 0.15) is 11.3 Å². The molecule has 0 unspecified atom stereocenters. The summed E-state index contributed by atoms with van der Waals surface area (Å²) >= 11 is 0. The van der Waals surface area contributed by atoms with Crippen molar-refractivity contribution in [1.82, 2.24) is 0 Å². The van der Waals surface area contributed by atoms with Crippen LogP contribution in [0.25, 0.3) is 11.2 Å². The Bertz CT molecular complexity index is 583. The Balaban J connectivity index is 0.000000136. The van der Waals surface area contributed by atoms with Crippen LogP contribution in [0.4, 0.5) is 4.39 Å². The van der Waals surface area contributed by atoms with E-state index in [9.17, 15) is 4.39 Å². The molecule has 2 aromatic heterocycles. The number of rotatable bonds is 2. The Hall–Kier alpha value is -2.03. The first kappa shape index (κ1) is 12.4. The van der Waals surface area contributed by atoms with Crippen LogP contribution >= 0.6 is 0 Å². The van der Waals surface area contributed by atoms with Crippen LogP contribution in [0.15, 0.2) is 46.9 Å². The maximum Gasteiger partial charge on any atom is 0.169 e. The van der Waals surface area contributed by atoms with E-state index >= 15 is 0 Å². The second-order valence-corrected chi connectivity index (χ2v) is 3.94. The molecule has 94 valence electrons. The van der Waals surface area contributed by atoms with Gasteiger partial charge in [0, 0.05) is 6.07 Å². The molecule has 3 aromatic rings. The van der Waals surface area contributed by atoms with Crippen LogP contribution in [0.5, 0.6) is 5.75 Å². The van der Waals surface area contributed by atoms with Gasteiger partial charge in [0.15, 0.2) is 11.4 Å². The molecule has 0 fully saturated rings. The molecule has 0 spiro atoms. The third kappa shape index (κ3) is 3.00. The number of furan rings is 2. The van der Waals surface area contributed by atoms with Crippen LogP contribution in [0.1, 0.15) is 12.5 Å². The molecule has 0 amide bonds. The van der Waals surface area contributed by atoms with E-state index in [1.54, 1.807) is 12.1 Å². The number of benzene rings is 2. The van der Waals surface area contributed by atoms with E-state index in [0.717, 1.165) is 12.4 Å². The number of halogens is 1. The van der Waals surface area contributed by atoms with E-state index in [-0.39, 0.29) is 5.82 Å². The third-order valence-corrected chi connectivity index (χ3v) is 2.46. The van der Waals surface area contributed by atoms with Gasteiger partial charge >= 0.3 is 0 Å². The zero-order valence-electron chi connectivity index (χ0n) is 10.4. The van der Waals surface area contributed by atoms with E-state index in [0.29, 0.717) is 11.2 Å². The normalized spacial score (nSPS) is 10.2. The SMILES string of the molecule is CCOc1ccc(C)cc1.Fc1cc2ccc1o2. The lowest BCUT2D eigenvalue weighted by Crippen LogP contribution is -1.90. The largest absolute Gasteiger partial charge is 0.494 e. The van der Waals surface area contributed by atoms with Gasteiger partial charge in [-0.1, -0.05) is 17.7 Å². The van der Waals surface area contributed by atoms with Crippen LogP contribution in [0.2, 0.25) is 0 Å². The topological polar surface area (TPSA) is 22.4 Å². The number of aryl methyl sites for hydroxylation is 1. The minimum absolute atomic E-state index is 0.262. The summed E-state index contributed by atoms with van der Waals surface area (Å²) in [5, 5.41) is 0. The van der Waals surface area contributed by atoms with Crippen molar-refractivity contribution >= 4 is 11.2 Å². The van der Waals surface area contributed by atoms with Gasteiger partial charge in [-0.25, -0.2) is 4.39 Å². The van der Waals surface area contributed by atoms with Crippen molar-refractivity contribution in [3.05, 3.63) is 53.8 Å². The molecule has 0 aliphatic carbocycles. The number of fused-ring (bicyclic) bond motifs is 2. The lowest BCUT2D eigenvalue weighted by Gasteiger charge is -2.01. The highest BCUT2D eigenvalue weighted by molar-refractivity contribution is 5.60. The first-order chi connectivity index (χ1) is 8.69. The highest BCUT2D eigenvalue weighted by Gasteiger charge is 2.03. The number of ether oxygens (including phenoxy) is 1. The van der Waals surface area contributed by atoms with Gasteiger partial charge in [-0.3, -0.25) is 0 Å². The molecule has 0 aliphatic rings. The molecule has 2 bridgehead atoms. The second kappa shape index (κ2) is 5.54. The van der Waals surface area contributed by atoms with E-state index in [2.05, 4.69) is 6.92 Å². The van der Waals surface area contributed by atoms with Crippen LogP contribution < -0.4 is 4.74 Å². The number of hydrogen-bond acceptors (Lipinski definition) is 2. The zero-order chi connectivity index (χ0) is 13.0. The fourth-order valence-electron chi connectivity index (χ4n) is 1.56. The Kier molecular flexibility index (Phi) is 3.82. The number of hydrogen-bond donors (Lipinski definition) is 0. The Morgan fingerprint density at radius 2 is 1.83 bits per heavy atom. The second-order valence-electron chi connectivity index (χ2n) is 3.94. The van der Waals surface area contributed by atoms with Gasteiger partial charge in [0.05, 0.1) is 6.61 Å². The Morgan fingerprint density at radius 1 is 1.11 bits per heavy atom. The monoisotopic (exact) mass is 246 g/mol. The lowest BCUT2D eigenvalue weighted by molar-refractivity contribution is 0.340. The summed E-state index contributed by atoms with van der Waals surface area (Å²) < 4.78 is 22.3. The smallest absolute Gasteiger partial charge is 0.169 e. The molecule has 3 heteroatoms. The van der Waals surface area contributed by atoms with E-state index in [1.807, 2.05) is 31.2 Å². The first-order valence-corrected chi connectivity index (χ1v) is 5.86. The van der Waals surface area contributed by atoms with Crippen molar-refractivity contribution in [1.29, 1.82) is 0 Å². The quantitative estimate of drug-likeness (QED) is 0.668. The highest BCUT2D eigenvalue weighted by Crippen LogP contribution is 2.19. The molecule has 2 nitrogen and oxygen atoms in total. The summed E-state index contributed by atoms with van der Waals surface area (Å²) in [5.74, 6) is 0.690. The molecule has 0 saturated heterocycles. The zero-order valence-corrected chi connectivity index (χ0v) is 10.4. The average Bonchev–Trinajstić information content (AvgIpc) is 2.95. The Morgan fingerprint density at radius 3 is 2.22 bits per heavy atom. The molecular weight excluding hydrogens is 231 g/mol. The van der Waals surface area contributed by atoms with Crippen LogP contribution in [0, 0.1) is 12.7 Å². The predicted octanol–water partition coefficient (Wildman–Crippen LogP) is 4.40. The molecule has 0 atom stereocenters. The Labute approximate surface area is 105 Å². The van der Waals surface area contributed by atoms with E-state index in [1.165, 1.54) is 11.6 Å². The van der Waals surface area contributed by atoms with Crippen molar-refractivity contribution in [2.24, 2.45) is 0 Å². The maximum absolute atomic E-state index is 12.2. The molecule has 3 rings (SSSR count). The predicted molar refractivity (Wildman–Crippen MR) is 69.7 cm³/mol. The summed E-state index contributed by atoms with van der Waals surface area (Å²) in [5.41, 5.74) is 2.22. The summed E-state index contributed by atoms with van der Waals surface area (Å²) in [6.07, 6.45) is 0. The highest BCUT2D eigenvalue weighted by atomic mass is 19.1. The van der Waals surface area contributed by atoms with Crippen LogP contribution in [-0.4, -0.2) is 6.61 Å². The third-order valence-electron chi connectivity index (χ3n) is 2.46. The summed E-state index contributed by atoms with van der Waals surface area (Å²) in [7, 11) is 0. The van der Waals surface area contributed by atoms with E-state index in [4.69, 9.17) is 9.15 Å². The average molecular weight is 246 g/mol. The summed E-state index contributed by atoms with van der Waals surface area (Å²) in [4.78, 5) is 0. The fraction of sp³-hybridized carbons (Fsp3) is 0.200. The van der Waals surface area contributed by atoms with Crippen molar-refractivity contribution in [2.45, 2.75) is 13.8 Å².